The van der Waals surface area contributed by atoms with Crippen molar-refractivity contribution in [2.45, 2.75) is 19.0 Å². The van der Waals surface area contributed by atoms with Crippen molar-refractivity contribution < 1.29 is 9.18 Å². The number of carbonyl (C=O) groups is 1. The number of nitrogen functional groups attached to an aromatic ring is 1. The predicted octanol–water partition coefficient (Wildman–Crippen LogP) is 5.02. The van der Waals surface area contributed by atoms with E-state index in [0.717, 1.165) is 28.7 Å². The summed E-state index contributed by atoms with van der Waals surface area (Å²) in [4.78, 5) is 12.1. The molecule has 28 heavy (non-hydrogen) atoms. The number of fused-ring (bicyclic) bond motifs is 1. The van der Waals surface area contributed by atoms with E-state index in [9.17, 15) is 9.18 Å². The van der Waals surface area contributed by atoms with Crippen molar-refractivity contribution in [1.82, 2.24) is 0 Å². The molecule has 0 bridgehead atoms. The lowest BCUT2D eigenvalue weighted by Gasteiger charge is -2.25. The van der Waals surface area contributed by atoms with Gasteiger partial charge in [0.15, 0.2) is 0 Å². The molecule has 0 heterocycles. The number of para-hydroxylation sites is 1. The monoisotopic (exact) mass is 378 g/mol. The standard InChI is InChI=1S/C10H12FN.C8H9NO.C6H6/c1-12(2)8-3-4-9-7(5-8)6-10(9)11;9-8-4-2-1-3-7(8)5-6-10;1-2-4-6-5-3-1/h3-5,10H,6H2,1-2H3;1-4,6H,5,9H2;1-6H. The Morgan fingerprint density at radius 3 is 2.07 bits per heavy atom. The second kappa shape index (κ2) is 10.9. The van der Waals surface area contributed by atoms with E-state index in [1.165, 1.54) is 0 Å². The van der Waals surface area contributed by atoms with Crippen LogP contribution in [0.1, 0.15) is 22.9 Å². The van der Waals surface area contributed by atoms with Gasteiger partial charge in [0.25, 0.3) is 0 Å². The molecule has 0 saturated heterocycles. The number of hydrogen-bond donors (Lipinski definition) is 1. The predicted molar refractivity (Wildman–Crippen MR) is 115 cm³/mol. The Kier molecular flexibility index (Phi) is 8.22. The van der Waals surface area contributed by atoms with E-state index < -0.39 is 6.17 Å². The van der Waals surface area contributed by atoms with Crippen molar-refractivity contribution in [3.05, 3.63) is 95.6 Å². The molecule has 4 rings (SSSR count). The first-order chi connectivity index (χ1) is 13.5. The number of hydrogen-bond acceptors (Lipinski definition) is 3. The van der Waals surface area contributed by atoms with Gasteiger partial charge in [0.05, 0.1) is 0 Å². The molecule has 146 valence electrons. The van der Waals surface area contributed by atoms with Crippen LogP contribution in [-0.4, -0.2) is 20.4 Å². The molecular formula is C24H27FN2O. The third kappa shape index (κ3) is 6.23. The van der Waals surface area contributed by atoms with Gasteiger partial charge in [0.1, 0.15) is 12.5 Å². The zero-order chi connectivity index (χ0) is 20.4. The number of halogens is 1. The van der Waals surface area contributed by atoms with Crippen molar-refractivity contribution in [2.75, 3.05) is 24.7 Å². The van der Waals surface area contributed by atoms with Gasteiger partial charge in [-0.2, -0.15) is 0 Å². The first-order valence-electron chi connectivity index (χ1n) is 9.24. The van der Waals surface area contributed by atoms with Crippen LogP contribution in [0.5, 0.6) is 0 Å². The molecule has 1 aliphatic rings. The Morgan fingerprint density at radius 2 is 1.61 bits per heavy atom. The summed E-state index contributed by atoms with van der Waals surface area (Å²) in [5, 5.41) is 0. The topological polar surface area (TPSA) is 46.3 Å². The average molecular weight is 378 g/mol. The second-order valence-corrected chi connectivity index (χ2v) is 6.67. The van der Waals surface area contributed by atoms with E-state index in [1.807, 2.05) is 85.7 Å². The molecule has 0 radical (unpaired) electrons. The Hall–Kier alpha value is -3.14. The summed E-state index contributed by atoms with van der Waals surface area (Å²) < 4.78 is 12.8. The van der Waals surface area contributed by atoms with Crippen molar-refractivity contribution >= 4 is 17.7 Å². The maximum Gasteiger partial charge on any atom is 0.129 e. The first-order valence-corrected chi connectivity index (χ1v) is 9.24. The summed E-state index contributed by atoms with van der Waals surface area (Å²) in [6.45, 7) is 0. The molecule has 1 unspecified atom stereocenters. The van der Waals surface area contributed by atoms with Crippen LogP contribution in [0.4, 0.5) is 15.8 Å². The fraction of sp³-hybridized carbons (Fsp3) is 0.208. The Morgan fingerprint density at radius 1 is 1.00 bits per heavy atom. The molecule has 1 aliphatic carbocycles. The Balaban J connectivity index is 0.000000159. The first kappa shape index (κ1) is 21.2. The molecule has 0 amide bonds. The van der Waals surface area contributed by atoms with Gasteiger partial charge in [0.2, 0.25) is 0 Å². The van der Waals surface area contributed by atoms with Crippen molar-refractivity contribution in [2.24, 2.45) is 0 Å². The number of anilines is 2. The SMILES string of the molecule is CN(C)c1ccc2c(c1)CC2F.Nc1ccccc1CC=O.c1ccccc1. The quantitative estimate of drug-likeness (QED) is 0.514. The van der Waals surface area contributed by atoms with Crippen LogP contribution in [-0.2, 0) is 17.6 Å². The lowest BCUT2D eigenvalue weighted by Crippen LogP contribution is -2.15. The summed E-state index contributed by atoms with van der Waals surface area (Å²) in [5.41, 5.74) is 10.3. The second-order valence-electron chi connectivity index (χ2n) is 6.67. The summed E-state index contributed by atoms with van der Waals surface area (Å²) in [7, 11) is 3.99. The minimum absolute atomic E-state index is 0.409. The fourth-order valence-corrected chi connectivity index (χ4v) is 2.72. The van der Waals surface area contributed by atoms with Gasteiger partial charge in [-0.15, -0.1) is 0 Å². The van der Waals surface area contributed by atoms with Gasteiger partial charge in [-0.3, -0.25) is 0 Å². The summed E-state index contributed by atoms with van der Waals surface area (Å²) in [6, 6.07) is 25.3. The number of aldehydes is 1. The van der Waals surface area contributed by atoms with Gasteiger partial charge >= 0.3 is 0 Å². The van der Waals surface area contributed by atoms with E-state index in [4.69, 9.17) is 5.73 Å². The van der Waals surface area contributed by atoms with Crippen LogP contribution >= 0.6 is 0 Å². The molecule has 3 aromatic rings. The lowest BCUT2D eigenvalue weighted by molar-refractivity contribution is -0.107. The van der Waals surface area contributed by atoms with Crippen molar-refractivity contribution in [3.8, 4) is 0 Å². The van der Waals surface area contributed by atoms with Crippen molar-refractivity contribution in [1.29, 1.82) is 0 Å². The largest absolute Gasteiger partial charge is 0.398 e. The number of nitrogens with two attached hydrogens (primary N) is 1. The molecule has 4 heteroatoms. The minimum atomic E-state index is -0.712. The van der Waals surface area contributed by atoms with Crippen molar-refractivity contribution in [3.63, 3.8) is 0 Å². The maximum atomic E-state index is 12.8. The van der Waals surface area contributed by atoms with Crippen LogP contribution in [0.25, 0.3) is 0 Å². The van der Waals surface area contributed by atoms with Crippen LogP contribution in [0, 0.1) is 0 Å². The smallest absolute Gasteiger partial charge is 0.129 e. The summed E-state index contributed by atoms with van der Waals surface area (Å²) >= 11 is 0. The van der Waals surface area contributed by atoms with Gasteiger partial charge in [-0.25, -0.2) is 4.39 Å². The van der Waals surface area contributed by atoms with Gasteiger partial charge in [-0.1, -0.05) is 60.7 Å². The number of alkyl halides is 1. The molecule has 3 nitrogen and oxygen atoms in total. The minimum Gasteiger partial charge on any atom is -0.398 e. The molecule has 3 aromatic carbocycles. The Labute approximate surface area is 166 Å². The third-order valence-electron chi connectivity index (χ3n) is 4.40. The highest BCUT2D eigenvalue weighted by Gasteiger charge is 2.25. The highest BCUT2D eigenvalue weighted by atomic mass is 19.1. The van der Waals surface area contributed by atoms with E-state index >= 15 is 0 Å². The van der Waals surface area contributed by atoms with Gasteiger partial charge < -0.3 is 15.4 Å². The Bertz CT molecular complexity index is 839. The molecule has 0 aliphatic heterocycles. The third-order valence-corrected chi connectivity index (χ3v) is 4.40. The number of rotatable bonds is 3. The number of benzene rings is 3. The van der Waals surface area contributed by atoms with Gasteiger partial charge in [-0.05, 0) is 34.9 Å². The van der Waals surface area contributed by atoms with E-state index in [1.54, 1.807) is 6.07 Å². The van der Waals surface area contributed by atoms with Crippen LogP contribution in [0.15, 0.2) is 78.9 Å². The van der Waals surface area contributed by atoms with Crippen LogP contribution in [0.2, 0.25) is 0 Å². The zero-order valence-corrected chi connectivity index (χ0v) is 16.4. The summed E-state index contributed by atoms with van der Waals surface area (Å²) in [5.74, 6) is 0. The molecular weight excluding hydrogens is 351 g/mol. The number of carbonyl (C=O) groups excluding carboxylic acids is 1. The maximum absolute atomic E-state index is 12.8. The molecule has 0 spiro atoms. The van der Waals surface area contributed by atoms with Gasteiger partial charge in [0, 0.05) is 38.3 Å². The van der Waals surface area contributed by atoms with Crippen LogP contribution < -0.4 is 10.6 Å². The van der Waals surface area contributed by atoms with E-state index in [0.29, 0.717) is 18.5 Å². The molecule has 2 N–H and O–H groups in total. The molecule has 0 aromatic heterocycles. The number of nitrogens with zero attached hydrogens (tertiary/aromatic N) is 1. The zero-order valence-electron chi connectivity index (χ0n) is 16.4. The van der Waals surface area contributed by atoms with E-state index in [-0.39, 0.29) is 0 Å². The normalized spacial score (nSPS) is 13.5. The summed E-state index contributed by atoms with van der Waals surface area (Å²) in [6.07, 6.45) is 1.14. The average Bonchev–Trinajstić information content (AvgIpc) is 2.71. The van der Waals surface area contributed by atoms with Crippen LogP contribution in [0.3, 0.4) is 0 Å². The molecule has 1 atom stereocenters. The highest BCUT2D eigenvalue weighted by molar-refractivity contribution is 5.61. The van der Waals surface area contributed by atoms with E-state index in [2.05, 4.69) is 6.07 Å². The highest BCUT2D eigenvalue weighted by Crippen LogP contribution is 2.37. The fourth-order valence-electron chi connectivity index (χ4n) is 2.72. The lowest BCUT2D eigenvalue weighted by atomic mass is 9.86. The molecule has 0 fully saturated rings. The molecule has 0 saturated carbocycles.